The highest BCUT2D eigenvalue weighted by atomic mass is 16.5. The van der Waals surface area contributed by atoms with Gasteiger partial charge in [-0.15, -0.1) is 0 Å². The third-order valence-corrected chi connectivity index (χ3v) is 5.64. The highest BCUT2D eigenvalue weighted by Crippen LogP contribution is 2.32. The molecule has 1 heterocycles. The number of hydrogen-bond acceptors (Lipinski definition) is 5. The van der Waals surface area contributed by atoms with Crippen molar-refractivity contribution in [3.63, 3.8) is 0 Å². The molecule has 0 saturated carbocycles. The molecule has 0 fully saturated rings. The SMILES string of the molecule is COc1ccc(C(=O)N/C(=C\c2ccco2)C(=O)NC2CCCc3cc(OC)ccc32)cc1. The van der Waals surface area contributed by atoms with Gasteiger partial charge in [0.2, 0.25) is 0 Å². The predicted octanol–water partition coefficient (Wildman–Crippen LogP) is 4.26. The van der Waals surface area contributed by atoms with Crippen LogP contribution in [0.25, 0.3) is 6.08 Å². The largest absolute Gasteiger partial charge is 0.497 e. The maximum Gasteiger partial charge on any atom is 0.268 e. The van der Waals surface area contributed by atoms with Gasteiger partial charge in [-0.05, 0) is 78.9 Å². The Kier molecular flexibility index (Phi) is 6.78. The summed E-state index contributed by atoms with van der Waals surface area (Å²) in [5, 5.41) is 5.81. The molecule has 3 aromatic rings. The number of carbonyl (C=O) groups is 2. The van der Waals surface area contributed by atoms with Crippen molar-refractivity contribution >= 4 is 17.9 Å². The van der Waals surface area contributed by atoms with E-state index in [4.69, 9.17) is 13.9 Å². The molecule has 4 rings (SSSR count). The molecule has 0 bridgehead atoms. The molecule has 1 aromatic heterocycles. The number of aryl methyl sites for hydroxylation is 1. The lowest BCUT2D eigenvalue weighted by molar-refractivity contribution is -0.118. The fraction of sp³-hybridized carbons (Fsp3) is 0.231. The molecule has 0 saturated heterocycles. The van der Waals surface area contributed by atoms with E-state index in [2.05, 4.69) is 10.6 Å². The lowest BCUT2D eigenvalue weighted by Crippen LogP contribution is -2.37. The zero-order chi connectivity index (χ0) is 23.2. The van der Waals surface area contributed by atoms with E-state index >= 15 is 0 Å². The maximum absolute atomic E-state index is 13.3. The number of carbonyl (C=O) groups excluding carboxylic acids is 2. The van der Waals surface area contributed by atoms with Crippen molar-refractivity contribution in [3.8, 4) is 11.5 Å². The van der Waals surface area contributed by atoms with E-state index in [1.165, 1.54) is 12.3 Å². The molecular weight excluding hydrogens is 420 g/mol. The van der Waals surface area contributed by atoms with E-state index in [1.807, 2.05) is 18.2 Å². The maximum atomic E-state index is 13.3. The van der Waals surface area contributed by atoms with Gasteiger partial charge < -0.3 is 24.5 Å². The Morgan fingerprint density at radius 1 is 1.03 bits per heavy atom. The summed E-state index contributed by atoms with van der Waals surface area (Å²) in [6, 6.07) is 15.8. The molecule has 0 aliphatic heterocycles. The van der Waals surface area contributed by atoms with Gasteiger partial charge in [-0.25, -0.2) is 0 Å². The summed E-state index contributed by atoms with van der Waals surface area (Å²) in [6.07, 6.45) is 5.72. The Morgan fingerprint density at radius 3 is 2.48 bits per heavy atom. The van der Waals surface area contributed by atoms with Crippen LogP contribution in [-0.2, 0) is 11.2 Å². The fourth-order valence-corrected chi connectivity index (χ4v) is 3.91. The molecule has 2 N–H and O–H groups in total. The van der Waals surface area contributed by atoms with Crippen LogP contribution in [-0.4, -0.2) is 26.0 Å². The second kappa shape index (κ2) is 10.1. The molecule has 7 heteroatoms. The van der Waals surface area contributed by atoms with Crippen molar-refractivity contribution in [2.24, 2.45) is 0 Å². The fourth-order valence-electron chi connectivity index (χ4n) is 3.91. The Labute approximate surface area is 192 Å². The topological polar surface area (TPSA) is 89.8 Å². The number of furan rings is 1. The molecule has 1 aliphatic rings. The summed E-state index contributed by atoms with van der Waals surface area (Å²) in [4.78, 5) is 26.1. The Morgan fingerprint density at radius 2 is 1.79 bits per heavy atom. The summed E-state index contributed by atoms with van der Waals surface area (Å²) >= 11 is 0. The van der Waals surface area contributed by atoms with E-state index in [0.717, 1.165) is 36.1 Å². The molecule has 0 radical (unpaired) electrons. The highest BCUT2D eigenvalue weighted by Gasteiger charge is 2.24. The van der Waals surface area contributed by atoms with Crippen molar-refractivity contribution in [1.29, 1.82) is 0 Å². The third-order valence-electron chi connectivity index (χ3n) is 5.64. The van der Waals surface area contributed by atoms with Crippen LogP contribution in [0, 0.1) is 0 Å². The van der Waals surface area contributed by atoms with Crippen molar-refractivity contribution in [2.75, 3.05) is 14.2 Å². The summed E-state index contributed by atoms with van der Waals surface area (Å²) < 4.78 is 15.8. The van der Waals surface area contributed by atoms with Gasteiger partial charge in [0.1, 0.15) is 23.0 Å². The summed E-state index contributed by atoms with van der Waals surface area (Å²) in [7, 11) is 3.20. The standard InChI is InChI=1S/C26H26N2O5/c1-31-19-10-8-17(9-11-19)25(29)28-24(16-21-6-4-14-33-21)26(30)27-23-7-3-5-18-15-20(32-2)12-13-22(18)23/h4,6,8-16,23H,3,5,7H2,1-2H3,(H,27,30)(H,28,29)/b24-16-. The predicted molar refractivity (Wildman–Crippen MR) is 124 cm³/mol. The minimum atomic E-state index is -0.403. The molecule has 7 nitrogen and oxygen atoms in total. The summed E-state index contributed by atoms with van der Waals surface area (Å²) in [5.41, 5.74) is 2.73. The zero-order valence-electron chi connectivity index (χ0n) is 18.6. The van der Waals surface area contributed by atoms with Gasteiger partial charge in [-0.1, -0.05) is 6.07 Å². The minimum Gasteiger partial charge on any atom is -0.497 e. The van der Waals surface area contributed by atoms with Crippen LogP contribution in [0.15, 0.2) is 71.0 Å². The normalized spacial score (nSPS) is 15.3. The number of methoxy groups -OCH3 is 2. The van der Waals surface area contributed by atoms with Crippen LogP contribution < -0.4 is 20.1 Å². The van der Waals surface area contributed by atoms with Crippen LogP contribution in [0.3, 0.4) is 0 Å². The monoisotopic (exact) mass is 446 g/mol. The highest BCUT2D eigenvalue weighted by molar-refractivity contribution is 6.05. The van der Waals surface area contributed by atoms with Gasteiger partial charge in [0.15, 0.2) is 0 Å². The van der Waals surface area contributed by atoms with E-state index in [1.54, 1.807) is 50.6 Å². The van der Waals surface area contributed by atoms with Gasteiger partial charge in [0.05, 0.1) is 26.5 Å². The van der Waals surface area contributed by atoms with Gasteiger partial charge in [-0.3, -0.25) is 9.59 Å². The van der Waals surface area contributed by atoms with Crippen LogP contribution in [0.2, 0.25) is 0 Å². The molecule has 1 aliphatic carbocycles. The van der Waals surface area contributed by atoms with E-state index < -0.39 is 5.91 Å². The molecular formula is C26H26N2O5. The molecule has 2 amide bonds. The van der Waals surface area contributed by atoms with Gasteiger partial charge in [0, 0.05) is 11.6 Å². The Balaban J connectivity index is 1.55. The number of amides is 2. The Bertz CT molecular complexity index is 1150. The molecule has 2 aromatic carbocycles. The average Bonchev–Trinajstić information content (AvgIpc) is 3.36. The smallest absolute Gasteiger partial charge is 0.268 e. The molecule has 1 atom stereocenters. The van der Waals surface area contributed by atoms with Crippen molar-refractivity contribution < 1.29 is 23.5 Å². The third kappa shape index (κ3) is 5.26. The van der Waals surface area contributed by atoms with Crippen molar-refractivity contribution in [2.45, 2.75) is 25.3 Å². The van der Waals surface area contributed by atoms with Crippen LogP contribution in [0.1, 0.15) is 46.1 Å². The number of nitrogens with one attached hydrogen (secondary N) is 2. The van der Waals surface area contributed by atoms with Crippen LogP contribution >= 0.6 is 0 Å². The van der Waals surface area contributed by atoms with E-state index in [9.17, 15) is 9.59 Å². The lowest BCUT2D eigenvalue weighted by Gasteiger charge is -2.27. The first kappa shape index (κ1) is 22.2. The van der Waals surface area contributed by atoms with Crippen molar-refractivity contribution in [3.05, 3.63) is 89.0 Å². The van der Waals surface area contributed by atoms with E-state index in [-0.39, 0.29) is 17.6 Å². The lowest BCUT2D eigenvalue weighted by atomic mass is 9.87. The zero-order valence-corrected chi connectivity index (χ0v) is 18.6. The quantitative estimate of drug-likeness (QED) is 0.530. The molecule has 33 heavy (non-hydrogen) atoms. The van der Waals surface area contributed by atoms with Crippen LogP contribution in [0.4, 0.5) is 0 Å². The Hall–Kier alpha value is -4.00. The minimum absolute atomic E-state index is 0.103. The second-order valence-corrected chi connectivity index (χ2v) is 7.74. The van der Waals surface area contributed by atoms with Crippen molar-refractivity contribution in [1.82, 2.24) is 10.6 Å². The molecule has 170 valence electrons. The van der Waals surface area contributed by atoms with Crippen LogP contribution in [0.5, 0.6) is 11.5 Å². The van der Waals surface area contributed by atoms with Gasteiger partial charge in [-0.2, -0.15) is 0 Å². The van der Waals surface area contributed by atoms with E-state index in [0.29, 0.717) is 17.1 Å². The number of benzene rings is 2. The number of fused-ring (bicyclic) bond motifs is 1. The van der Waals surface area contributed by atoms with Gasteiger partial charge in [0.25, 0.3) is 11.8 Å². The second-order valence-electron chi connectivity index (χ2n) is 7.74. The molecule has 0 spiro atoms. The summed E-state index contributed by atoms with van der Waals surface area (Å²) in [5.74, 6) is 1.11. The number of hydrogen-bond donors (Lipinski definition) is 2. The van der Waals surface area contributed by atoms with Gasteiger partial charge >= 0.3 is 0 Å². The number of rotatable bonds is 7. The first-order chi connectivity index (χ1) is 16.1. The first-order valence-corrected chi connectivity index (χ1v) is 10.8. The summed E-state index contributed by atoms with van der Waals surface area (Å²) in [6.45, 7) is 0. The first-order valence-electron chi connectivity index (χ1n) is 10.8. The number of ether oxygens (including phenoxy) is 2. The molecule has 1 unspecified atom stereocenters. The average molecular weight is 447 g/mol.